The molecule has 0 spiro atoms. The SMILES string of the molecule is CC1(C)C(C(=O)N2CCC[C@H](Nc3ccc(F)cc3)C2)C1(C)C. The zero-order valence-corrected chi connectivity index (χ0v) is 14.5. The number of amides is 1. The fraction of sp³-hybridized carbons (Fsp3) is 0.632. The predicted octanol–water partition coefficient (Wildman–Crippen LogP) is 3.91. The van der Waals surface area contributed by atoms with E-state index in [-0.39, 0.29) is 28.6 Å². The van der Waals surface area contributed by atoms with E-state index in [9.17, 15) is 9.18 Å². The van der Waals surface area contributed by atoms with Gasteiger partial charge >= 0.3 is 0 Å². The average molecular weight is 318 g/mol. The van der Waals surface area contributed by atoms with Crippen molar-refractivity contribution in [3.8, 4) is 0 Å². The maximum absolute atomic E-state index is 13.0. The van der Waals surface area contributed by atoms with Crippen LogP contribution in [0.2, 0.25) is 0 Å². The Labute approximate surface area is 138 Å². The zero-order chi connectivity index (χ0) is 16.8. The molecule has 0 radical (unpaired) electrons. The average Bonchev–Trinajstić information content (AvgIpc) is 2.91. The van der Waals surface area contributed by atoms with Crippen molar-refractivity contribution in [3.05, 3.63) is 30.1 Å². The van der Waals surface area contributed by atoms with Gasteiger partial charge < -0.3 is 10.2 Å². The molecule has 1 amide bonds. The van der Waals surface area contributed by atoms with Gasteiger partial charge in [-0.2, -0.15) is 0 Å². The first-order valence-corrected chi connectivity index (χ1v) is 8.54. The lowest BCUT2D eigenvalue weighted by molar-refractivity contribution is -0.134. The number of benzene rings is 1. The largest absolute Gasteiger partial charge is 0.381 e. The summed E-state index contributed by atoms with van der Waals surface area (Å²) in [7, 11) is 0. The number of carbonyl (C=O) groups excluding carboxylic acids is 1. The van der Waals surface area contributed by atoms with Gasteiger partial charge in [0.2, 0.25) is 5.91 Å². The maximum Gasteiger partial charge on any atom is 0.226 e. The van der Waals surface area contributed by atoms with Crippen molar-refractivity contribution in [1.29, 1.82) is 0 Å². The third-order valence-corrected chi connectivity index (χ3v) is 6.22. The summed E-state index contributed by atoms with van der Waals surface area (Å²) < 4.78 is 13.0. The highest BCUT2D eigenvalue weighted by atomic mass is 19.1. The van der Waals surface area contributed by atoms with Crippen molar-refractivity contribution in [2.24, 2.45) is 16.7 Å². The smallest absolute Gasteiger partial charge is 0.226 e. The molecule has 23 heavy (non-hydrogen) atoms. The van der Waals surface area contributed by atoms with Crippen molar-refractivity contribution in [2.45, 2.75) is 46.6 Å². The molecule has 1 atom stereocenters. The van der Waals surface area contributed by atoms with E-state index >= 15 is 0 Å². The van der Waals surface area contributed by atoms with Gasteiger partial charge in [-0.05, 0) is 47.9 Å². The number of nitrogens with one attached hydrogen (secondary N) is 1. The second-order valence-corrected chi connectivity index (χ2v) is 8.15. The molecule has 1 aromatic carbocycles. The number of hydrogen-bond acceptors (Lipinski definition) is 2. The number of rotatable bonds is 3. The molecule has 2 fully saturated rings. The third-order valence-electron chi connectivity index (χ3n) is 6.22. The molecule has 0 unspecified atom stereocenters. The lowest BCUT2D eigenvalue weighted by Crippen LogP contribution is -2.46. The summed E-state index contributed by atoms with van der Waals surface area (Å²) in [5.74, 6) is 0.194. The molecule has 0 bridgehead atoms. The number of anilines is 1. The first-order valence-electron chi connectivity index (χ1n) is 8.54. The van der Waals surface area contributed by atoms with E-state index in [4.69, 9.17) is 0 Å². The molecule has 2 aliphatic rings. The fourth-order valence-electron chi connectivity index (χ4n) is 4.07. The van der Waals surface area contributed by atoms with Gasteiger partial charge in [0.1, 0.15) is 5.82 Å². The first kappa shape index (κ1) is 16.3. The number of carbonyl (C=O) groups is 1. The van der Waals surface area contributed by atoms with E-state index in [2.05, 4.69) is 33.0 Å². The van der Waals surface area contributed by atoms with E-state index in [1.54, 1.807) is 12.1 Å². The monoisotopic (exact) mass is 318 g/mol. The van der Waals surface area contributed by atoms with Crippen molar-refractivity contribution < 1.29 is 9.18 Å². The van der Waals surface area contributed by atoms with Crippen LogP contribution in [0.4, 0.5) is 10.1 Å². The number of piperidine rings is 1. The molecule has 126 valence electrons. The van der Waals surface area contributed by atoms with Gasteiger partial charge in [0, 0.05) is 30.7 Å². The molecule has 1 N–H and O–H groups in total. The summed E-state index contributed by atoms with van der Waals surface area (Å²) in [4.78, 5) is 14.9. The number of likely N-dealkylation sites (tertiary alicyclic amines) is 1. The third kappa shape index (κ3) is 2.84. The van der Waals surface area contributed by atoms with Crippen LogP contribution >= 0.6 is 0 Å². The lowest BCUT2D eigenvalue weighted by Gasteiger charge is -2.34. The summed E-state index contributed by atoms with van der Waals surface area (Å²) in [6, 6.07) is 6.67. The number of halogens is 1. The Morgan fingerprint density at radius 1 is 1.17 bits per heavy atom. The van der Waals surface area contributed by atoms with E-state index in [1.165, 1.54) is 12.1 Å². The molecular formula is C19H27FN2O. The van der Waals surface area contributed by atoms with Crippen LogP contribution < -0.4 is 5.32 Å². The van der Waals surface area contributed by atoms with Crippen LogP contribution in [0, 0.1) is 22.6 Å². The Morgan fingerprint density at radius 3 is 2.35 bits per heavy atom. The maximum atomic E-state index is 13.0. The molecule has 1 aromatic rings. The second-order valence-electron chi connectivity index (χ2n) is 8.15. The first-order chi connectivity index (χ1) is 10.7. The normalized spacial score (nSPS) is 26.0. The van der Waals surface area contributed by atoms with Gasteiger partial charge in [0.15, 0.2) is 0 Å². The van der Waals surface area contributed by atoms with Gasteiger partial charge in [0.05, 0.1) is 0 Å². The Kier molecular flexibility index (Phi) is 3.89. The second kappa shape index (κ2) is 5.50. The molecule has 1 aliphatic carbocycles. The highest BCUT2D eigenvalue weighted by Crippen LogP contribution is 2.68. The molecular weight excluding hydrogens is 291 g/mol. The Morgan fingerprint density at radius 2 is 1.78 bits per heavy atom. The van der Waals surface area contributed by atoms with Crippen LogP contribution in [-0.4, -0.2) is 29.9 Å². The fourth-order valence-corrected chi connectivity index (χ4v) is 4.07. The minimum atomic E-state index is -0.228. The standard InChI is InChI=1S/C19H27FN2O/c1-18(2)16(19(18,3)4)17(23)22-11-5-6-15(12-22)21-14-9-7-13(20)8-10-14/h7-10,15-16,21H,5-6,11-12H2,1-4H3/t15-/m0/s1. The van der Waals surface area contributed by atoms with Crippen LogP contribution in [0.5, 0.6) is 0 Å². The minimum absolute atomic E-state index is 0.0847. The van der Waals surface area contributed by atoms with Crippen LogP contribution in [0.25, 0.3) is 0 Å². The molecule has 1 saturated carbocycles. The summed E-state index contributed by atoms with van der Waals surface area (Å²) in [6.45, 7) is 10.3. The van der Waals surface area contributed by atoms with Crippen LogP contribution in [-0.2, 0) is 4.79 Å². The van der Waals surface area contributed by atoms with E-state index < -0.39 is 0 Å². The van der Waals surface area contributed by atoms with Gasteiger partial charge in [-0.1, -0.05) is 27.7 Å². The van der Waals surface area contributed by atoms with E-state index in [0.717, 1.165) is 31.6 Å². The summed E-state index contributed by atoms with van der Waals surface area (Å²) in [6.07, 6.45) is 2.05. The molecule has 1 saturated heterocycles. The molecule has 4 heteroatoms. The van der Waals surface area contributed by atoms with Crippen LogP contribution in [0.3, 0.4) is 0 Å². The highest BCUT2D eigenvalue weighted by molar-refractivity contribution is 5.84. The van der Waals surface area contributed by atoms with Crippen molar-refractivity contribution in [2.75, 3.05) is 18.4 Å². The Bertz CT molecular complexity index is 580. The summed E-state index contributed by atoms with van der Waals surface area (Å²) in [5.41, 5.74) is 1.08. The molecule has 3 rings (SSSR count). The molecule has 0 aromatic heterocycles. The minimum Gasteiger partial charge on any atom is -0.381 e. The van der Waals surface area contributed by atoms with Crippen LogP contribution in [0.15, 0.2) is 24.3 Å². The lowest BCUT2D eigenvalue weighted by atomic mass is 10.0. The molecule has 3 nitrogen and oxygen atoms in total. The summed E-state index contributed by atoms with van der Waals surface area (Å²) >= 11 is 0. The number of nitrogens with zero attached hydrogens (tertiary/aromatic N) is 1. The van der Waals surface area contributed by atoms with Crippen molar-refractivity contribution >= 4 is 11.6 Å². The Hall–Kier alpha value is -1.58. The zero-order valence-electron chi connectivity index (χ0n) is 14.5. The van der Waals surface area contributed by atoms with E-state index in [0.29, 0.717) is 5.91 Å². The topological polar surface area (TPSA) is 32.3 Å². The molecule has 1 aliphatic heterocycles. The van der Waals surface area contributed by atoms with Gasteiger partial charge in [-0.25, -0.2) is 4.39 Å². The number of hydrogen-bond donors (Lipinski definition) is 1. The van der Waals surface area contributed by atoms with Crippen LogP contribution in [0.1, 0.15) is 40.5 Å². The van der Waals surface area contributed by atoms with Gasteiger partial charge in [-0.3, -0.25) is 4.79 Å². The van der Waals surface area contributed by atoms with E-state index in [1.807, 2.05) is 4.90 Å². The molecule has 1 heterocycles. The highest BCUT2D eigenvalue weighted by Gasteiger charge is 2.68. The summed E-state index contributed by atoms with van der Waals surface area (Å²) in [5, 5.41) is 3.43. The Balaban J connectivity index is 1.62. The predicted molar refractivity (Wildman–Crippen MR) is 90.7 cm³/mol. The van der Waals surface area contributed by atoms with Crippen molar-refractivity contribution in [3.63, 3.8) is 0 Å². The van der Waals surface area contributed by atoms with Crippen molar-refractivity contribution in [1.82, 2.24) is 4.90 Å². The van der Waals surface area contributed by atoms with Gasteiger partial charge in [0.25, 0.3) is 0 Å². The quantitative estimate of drug-likeness (QED) is 0.916. The van der Waals surface area contributed by atoms with Gasteiger partial charge in [-0.15, -0.1) is 0 Å².